The summed E-state index contributed by atoms with van der Waals surface area (Å²) in [6.45, 7) is 2.87. The second-order valence-electron chi connectivity index (χ2n) is 7.37. The minimum Gasteiger partial charge on any atom is -0.384 e. The fourth-order valence-corrected chi connectivity index (χ4v) is 3.96. The first kappa shape index (κ1) is 22.9. The maximum atomic E-state index is 15.3. The van der Waals surface area contributed by atoms with E-state index in [0.29, 0.717) is 24.2 Å². The van der Waals surface area contributed by atoms with Crippen molar-refractivity contribution in [3.63, 3.8) is 0 Å². The molecule has 6 nitrogen and oxygen atoms in total. The number of hydrogen-bond acceptors (Lipinski definition) is 4. The third kappa shape index (κ3) is 4.21. The average Bonchev–Trinajstić information content (AvgIpc) is 2.86. The smallest absolute Gasteiger partial charge is 0.334 e. The number of anilines is 4. The van der Waals surface area contributed by atoms with Crippen molar-refractivity contribution in [1.82, 2.24) is 10.3 Å². The van der Waals surface area contributed by atoms with Crippen LogP contribution in [0.5, 0.6) is 0 Å². The number of nitrogens with zero attached hydrogens (tertiary/aromatic N) is 3. The highest BCUT2D eigenvalue weighted by Gasteiger charge is 2.36. The minimum atomic E-state index is -0.942. The number of pyridine rings is 1. The van der Waals surface area contributed by atoms with Crippen LogP contribution in [0.1, 0.15) is 6.92 Å². The first-order chi connectivity index (χ1) is 15.8. The Labute approximate surface area is 194 Å². The number of carbonyl (C=O) groups is 1. The number of rotatable bonds is 6. The maximum absolute atomic E-state index is 15.3. The van der Waals surface area contributed by atoms with Crippen LogP contribution in [0.3, 0.4) is 0 Å². The van der Waals surface area contributed by atoms with E-state index < -0.39 is 29.2 Å². The lowest BCUT2D eigenvalue weighted by Gasteiger charge is -2.28. The number of hydrogen-bond donors (Lipinski definition) is 2. The molecule has 0 saturated heterocycles. The number of likely N-dealkylation sites (N-methyl/N-ethyl adjacent to an activating group) is 1. The fourth-order valence-electron chi connectivity index (χ4n) is 3.79. The summed E-state index contributed by atoms with van der Waals surface area (Å²) in [6, 6.07) is 7.28. The van der Waals surface area contributed by atoms with Crippen molar-refractivity contribution < 1.29 is 18.0 Å². The van der Waals surface area contributed by atoms with Crippen LogP contribution in [0.2, 0.25) is 5.02 Å². The molecule has 1 aliphatic rings. The Hall–Kier alpha value is -3.30. The van der Waals surface area contributed by atoms with E-state index in [-0.39, 0.29) is 28.8 Å². The fraction of sp³-hybridized carbons (Fsp3) is 0.217. The molecule has 2 amide bonds. The third-order valence-electron chi connectivity index (χ3n) is 5.26. The van der Waals surface area contributed by atoms with Crippen LogP contribution in [0.25, 0.3) is 11.1 Å². The van der Waals surface area contributed by atoms with Gasteiger partial charge in [0.2, 0.25) is 0 Å². The zero-order valence-corrected chi connectivity index (χ0v) is 18.7. The van der Waals surface area contributed by atoms with Crippen LogP contribution >= 0.6 is 11.6 Å². The molecule has 1 aliphatic heterocycles. The number of urea groups is 1. The number of benzene rings is 2. The van der Waals surface area contributed by atoms with Crippen molar-refractivity contribution in [2.24, 2.45) is 0 Å². The molecule has 2 N–H and O–H groups in total. The van der Waals surface area contributed by atoms with Crippen LogP contribution in [-0.2, 0) is 0 Å². The Balaban J connectivity index is 1.93. The van der Waals surface area contributed by atoms with Crippen molar-refractivity contribution in [1.29, 1.82) is 0 Å². The summed E-state index contributed by atoms with van der Waals surface area (Å²) in [6.07, 6.45) is 0.993. The largest absolute Gasteiger partial charge is 0.384 e. The van der Waals surface area contributed by atoms with Crippen molar-refractivity contribution in [2.45, 2.75) is 6.92 Å². The second-order valence-corrected chi connectivity index (χ2v) is 7.80. The van der Waals surface area contributed by atoms with Crippen molar-refractivity contribution in [3.05, 3.63) is 65.1 Å². The van der Waals surface area contributed by atoms with E-state index in [4.69, 9.17) is 11.6 Å². The topological polar surface area (TPSA) is 60.5 Å². The summed E-state index contributed by atoms with van der Waals surface area (Å²) in [5.74, 6) is -2.31. The molecule has 172 valence electrons. The lowest BCUT2D eigenvalue weighted by Crippen LogP contribution is -2.41. The Morgan fingerprint density at radius 1 is 1.03 bits per heavy atom. The van der Waals surface area contributed by atoms with Gasteiger partial charge in [-0.05, 0) is 44.3 Å². The van der Waals surface area contributed by atoms with E-state index in [1.165, 1.54) is 17.0 Å². The predicted octanol–water partition coefficient (Wildman–Crippen LogP) is 5.55. The molecule has 10 heteroatoms. The summed E-state index contributed by atoms with van der Waals surface area (Å²) in [5, 5.41) is 6.09. The van der Waals surface area contributed by atoms with Gasteiger partial charge in [-0.3, -0.25) is 9.80 Å². The number of halogens is 4. The molecule has 0 aliphatic carbocycles. The second kappa shape index (κ2) is 9.29. The first-order valence-electron chi connectivity index (χ1n) is 10.3. The highest BCUT2D eigenvalue weighted by molar-refractivity contribution is 6.31. The molecule has 33 heavy (non-hydrogen) atoms. The van der Waals surface area contributed by atoms with E-state index in [2.05, 4.69) is 15.6 Å². The zero-order chi connectivity index (χ0) is 23.7. The lowest BCUT2D eigenvalue weighted by atomic mass is 10.0. The number of fused-ring (bicyclic) bond motifs is 3. The number of aromatic nitrogens is 1. The van der Waals surface area contributed by atoms with Crippen LogP contribution in [0.4, 0.5) is 40.8 Å². The van der Waals surface area contributed by atoms with Crippen molar-refractivity contribution >= 4 is 40.5 Å². The molecule has 0 bridgehead atoms. The van der Waals surface area contributed by atoms with Crippen molar-refractivity contribution in [2.75, 3.05) is 41.8 Å². The number of nitrogens with one attached hydrogen (secondary N) is 2. The first-order valence-corrected chi connectivity index (χ1v) is 10.7. The monoisotopic (exact) mass is 475 g/mol. The predicted molar refractivity (Wildman–Crippen MR) is 124 cm³/mol. The molecule has 2 heterocycles. The van der Waals surface area contributed by atoms with Gasteiger partial charge in [0, 0.05) is 41.5 Å². The number of carbonyl (C=O) groups excluding carboxylic acids is 1. The van der Waals surface area contributed by atoms with Crippen LogP contribution in [-0.4, -0.2) is 37.7 Å². The summed E-state index contributed by atoms with van der Waals surface area (Å²) < 4.78 is 44.7. The quantitative estimate of drug-likeness (QED) is 0.459. The van der Waals surface area contributed by atoms with Gasteiger partial charge in [-0.2, -0.15) is 0 Å². The zero-order valence-electron chi connectivity index (χ0n) is 17.9. The standard InChI is InChI=1S/C23H21ClF3N5O/c1-3-31-22-17(9-14(25)12-30-22)16-5-4-13(24)8-20(16)32(23(31)33)21-18(26)10-15(11-19(21)27)29-7-6-28-2/h4-5,8-12,28-29H,3,6-7H2,1-2H3. The van der Waals surface area contributed by atoms with Gasteiger partial charge in [0.05, 0.1) is 11.9 Å². The molecule has 0 saturated carbocycles. The van der Waals surface area contributed by atoms with Gasteiger partial charge in [0.1, 0.15) is 17.3 Å². The molecule has 4 rings (SSSR count). The van der Waals surface area contributed by atoms with Gasteiger partial charge in [0.25, 0.3) is 0 Å². The minimum absolute atomic E-state index is 0.116. The maximum Gasteiger partial charge on any atom is 0.334 e. The molecular weight excluding hydrogens is 455 g/mol. The van der Waals surface area contributed by atoms with Gasteiger partial charge < -0.3 is 10.6 Å². The Morgan fingerprint density at radius 2 is 1.76 bits per heavy atom. The summed E-state index contributed by atoms with van der Waals surface area (Å²) >= 11 is 6.19. The molecule has 1 aromatic heterocycles. The third-order valence-corrected chi connectivity index (χ3v) is 5.50. The molecule has 0 fully saturated rings. The summed E-state index contributed by atoms with van der Waals surface area (Å²) in [7, 11) is 1.76. The highest BCUT2D eigenvalue weighted by Crippen LogP contribution is 2.45. The average molecular weight is 476 g/mol. The highest BCUT2D eigenvalue weighted by atomic mass is 35.5. The molecule has 0 spiro atoms. The van der Waals surface area contributed by atoms with Crippen molar-refractivity contribution in [3.8, 4) is 11.1 Å². The van der Waals surface area contributed by atoms with Crippen LogP contribution < -0.4 is 20.4 Å². The van der Waals surface area contributed by atoms with Gasteiger partial charge in [-0.25, -0.2) is 22.9 Å². The molecule has 2 aromatic carbocycles. The van der Waals surface area contributed by atoms with Gasteiger partial charge in [-0.1, -0.05) is 17.7 Å². The molecular formula is C23H21ClF3N5O. The normalized spacial score (nSPS) is 13.0. The van der Waals surface area contributed by atoms with E-state index in [1.807, 2.05) is 0 Å². The van der Waals surface area contributed by atoms with Gasteiger partial charge in [-0.15, -0.1) is 0 Å². The van der Waals surface area contributed by atoms with Gasteiger partial charge in [0.15, 0.2) is 11.6 Å². The van der Waals surface area contributed by atoms with E-state index >= 15 is 8.78 Å². The van der Waals surface area contributed by atoms with E-state index in [0.717, 1.165) is 23.2 Å². The van der Waals surface area contributed by atoms with Crippen LogP contribution in [0, 0.1) is 17.5 Å². The van der Waals surface area contributed by atoms with Crippen LogP contribution in [0.15, 0.2) is 42.6 Å². The summed E-state index contributed by atoms with van der Waals surface area (Å²) in [4.78, 5) is 19.9. The number of amides is 2. The SMILES string of the molecule is CCN1C(=O)N(c2c(F)cc(NCCNC)cc2F)c2cc(Cl)ccc2-c2cc(F)cnc21. The van der Waals surface area contributed by atoms with Gasteiger partial charge >= 0.3 is 6.03 Å². The molecule has 0 atom stereocenters. The molecule has 0 radical (unpaired) electrons. The van der Waals surface area contributed by atoms with E-state index in [9.17, 15) is 9.18 Å². The van der Waals surface area contributed by atoms with E-state index in [1.54, 1.807) is 26.1 Å². The molecule has 0 unspecified atom stereocenters. The Morgan fingerprint density at radius 3 is 2.42 bits per heavy atom. The summed E-state index contributed by atoms with van der Waals surface area (Å²) in [5.41, 5.74) is 0.462. The Kier molecular flexibility index (Phi) is 6.44. The molecule has 3 aromatic rings. The Bertz CT molecular complexity index is 1200. The lowest BCUT2D eigenvalue weighted by molar-refractivity contribution is 0.253.